The monoisotopic (exact) mass is 359 g/mol. The summed E-state index contributed by atoms with van der Waals surface area (Å²) in [5.41, 5.74) is 0.649. The number of nitrogens with one attached hydrogen (secondary N) is 3. The molecule has 7 nitrogen and oxygen atoms in total. The number of hydrogen-bond donors (Lipinski definition) is 3. The lowest BCUT2D eigenvalue weighted by molar-refractivity contribution is -0.133. The second-order valence-electron chi connectivity index (χ2n) is 6.69. The minimum Gasteiger partial charge on any atom is -0.355 e. The van der Waals surface area contributed by atoms with Crippen LogP contribution in [-0.4, -0.2) is 61.9 Å². The van der Waals surface area contributed by atoms with Gasteiger partial charge in [-0.05, 0) is 18.6 Å². The topological polar surface area (TPSA) is 85.8 Å². The number of aliphatic imine (C=N–C) groups is 1. The van der Waals surface area contributed by atoms with Crippen molar-refractivity contribution < 1.29 is 9.59 Å². The summed E-state index contributed by atoms with van der Waals surface area (Å²) in [6.45, 7) is 6.39. The van der Waals surface area contributed by atoms with Crippen molar-refractivity contribution in [1.29, 1.82) is 0 Å². The molecule has 0 aromatic heterocycles. The van der Waals surface area contributed by atoms with Crippen LogP contribution in [0.15, 0.2) is 35.3 Å². The van der Waals surface area contributed by atoms with Crippen molar-refractivity contribution in [2.75, 3.05) is 33.2 Å². The number of hydrogen-bond acceptors (Lipinski definition) is 3. The second kappa shape index (κ2) is 9.79. The highest BCUT2D eigenvalue weighted by Crippen LogP contribution is 2.12. The molecular weight excluding hydrogens is 330 g/mol. The third kappa shape index (κ3) is 5.75. The quantitative estimate of drug-likeness (QED) is 0.399. The molecular formula is C19H29N5O2. The Balaban J connectivity index is 1.69. The molecule has 7 heteroatoms. The van der Waals surface area contributed by atoms with Crippen molar-refractivity contribution >= 4 is 17.8 Å². The molecule has 1 fully saturated rings. The van der Waals surface area contributed by atoms with Crippen molar-refractivity contribution in [3.63, 3.8) is 0 Å². The highest BCUT2D eigenvalue weighted by molar-refractivity contribution is 5.94. The summed E-state index contributed by atoms with van der Waals surface area (Å²) >= 11 is 0. The molecule has 26 heavy (non-hydrogen) atoms. The molecule has 1 saturated heterocycles. The summed E-state index contributed by atoms with van der Waals surface area (Å²) in [5, 5.41) is 9.40. The largest absolute Gasteiger partial charge is 0.355 e. The molecule has 1 unspecified atom stereocenters. The third-order valence-electron chi connectivity index (χ3n) is 4.30. The van der Waals surface area contributed by atoms with E-state index in [9.17, 15) is 9.59 Å². The summed E-state index contributed by atoms with van der Waals surface area (Å²) < 4.78 is 0. The number of carbonyl (C=O) groups excluding carboxylic acids is 2. The summed E-state index contributed by atoms with van der Waals surface area (Å²) in [6, 6.07) is 9.33. The van der Waals surface area contributed by atoms with Gasteiger partial charge in [0.2, 0.25) is 5.91 Å². The van der Waals surface area contributed by atoms with E-state index in [1.165, 1.54) is 0 Å². The van der Waals surface area contributed by atoms with Gasteiger partial charge in [-0.25, -0.2) is 0 Å². The van der Waals surface area contributed by atoms with E-state index in [1.54, 1.807) is 19.2 Å². The Bertz CT molecular complexity index is 630. The van der Waals surface area contributed by atoms with Gasteiger partial charge in [0.05, 0.1) is 0 Å². The number of guanidine groups is 1. The van der Waals surface area contributed by atoms with Gasteiger partial charge in [-0.15, -0.1) is 0 Å². The van der Waals surface area contributed by atoms with Gasteiger partial charge in [-0.1, -0.05) is 32.0 Å². The zero-order chi connectivity index (χ0) is 18.9. The van der Waals surface area contributed by atoms with Gasteiger partial charge in [0.15, 0.2) is 5.96 Å². The molecule has 0 spiro atoms. The number of rotatable bonds is 6. The zero-order valence-corrected chi connectivity index (χ0v) is 15.8. The lowest BCUT2D eigenvalue weighted by Crippen LogP contribution is -2.47. The molecule has 0 bridgehead atoms. The minimum atomic E-state index is -0.0889. The van der Waals surface area contributed by atoms with E-state index in [0.29, 0.717) is 31.2 Å². The molecule has 1 aliphatic rings. The van der Waals surface area contributed by atoms with Gasteiger partial charge in [-0.2, -0.15) is 0 Å². The molecule has 2 rings (SSSR count). The number of nitrogens with zero attached hydrogens (tertiary/aromatic N) is 2. The molecule has 1 aromatic carbocycles. The third-order valence-corrected chi connectivity index (χ3v) is 4.30. The van der Waals surface area contributed by atoms with Crippen LogP contribution < -0.4 is 16.0 Å². The Kier molecular flexibility index (Phi) is 7.44. The Morgan fingerprint density at radius 1 is 1.19 bits per heavy atom. The van der Waals surface area contributed by atoms with Crippen molar-refractivity contribution in [3.05, 3.63) is 35.9 Å². The maximum absolute atomic E-state index is 12.0. The lowest BCUT2D eigenvalue weighted by atomic mass is 10.2. The van der Waals surface area contributed by atoms with Crippen LogP contribution in [0.1, 0.15) is 30.6 Å². The predicted molar refractivity (Wildman–Crippen MR) is 103 cm³/mol. The first-order valence-electron chi connectivity index (χ1n) is 9.10. The number of benzene rings is 1. The molecule has 0 saturated carbocycles. The van der Waals surface area contributed by atoms with Crippen LogP contribution in [0.5, 0.6) is 0 Å². The summed E-state index contributed by atoms with van der Waals surface area (Å²) in [7, 11) is 1.71. The Morgan fingerprint density at radius 3 is 2.54 bits per heavy atom. The van der Waals surface area contributed by atoms with Crippen molar-refractivity contribution in [2.24, 2.45) is 10.9 Å². The first kappa shape index (κ1) is 19.8. The smallest absolute Gasteiger partial charge is 0.251 e. The van der Waals surface area contributed by atoms with Gasteiger partial charge in [0.25, 0.3) is 5.91 Å². The maximum Gasteiger partial charge on any atom is 0.251 e. The standard InChI is InChI=1S/C19H29N5O2/c1-14(2)18(26)24-12-9-16(13-24)23-19(20-3)22-11-10-21-17(25)15-7-5-4-6-8-15/h4-8,14,16H,9-13H2,1-3H3,(H,21,25)(H2,20,22,23). The first-order chi connectivity index (χ1) is 12.5. The van der Waals surface area contributed by atoms with Crippen LogP contribution in [0.2, 0.25) is 0 Å². The Labute approximate surface area is 155 Å². The zero-order valence-electron chi connectivity index (χ0n) is 15.8. The average Bonchev–Trinajstić information content (AvgIpc) is 3.12. The summed E-state index contributed by atoms with van der Waals surface area (Å²) in [4.78, 5) is 30.1. The van der Waals surface area contributed by atoms with Gasteiger partial charge in [0, 0.05) is 50.7 Å². The molecule has 142 valence electrons. The molecule has 1 atom stereocenters. The minimum absolute atomic E-state index is 0.0272. The van der Waals surface area contributed by atoms with Crippen LogP contribution in [0, 0.1) is 5.92 Å². The summed E-state index contributed by atoms with van der Waals surface area (Å²) in [5.74, 6) is 0.817. The number of carbonyl (C=O) groups is 2. The van der Waals surface area contributed by atoms with E-state index in [1.807, 2.05) is 36.9 Å². The first-order valence-corrected chi connectivity index (χ1v) is 9.10. The fourth-order valence-corrected chi connectivity index (χ4v) is 2.88. The molecule has 1 heterocycles. The predicted octanol–water partition coefficient (Wildman–Crippen LogP) is 0.838. The van der Waals surface area contributed by atoms with Crippen LogP contribution >= 0.6 is 0 Å². The second-order valence-corrected chi connectivity index (χ2v) is 6.69. The van der Waals surface area contributed by atoms with E-state index in [-0.39, 0.29) is 23.8 Å². The highest BCUT2D eigenvalue weighted by atomic mass is 16.2. The molecule has 1 aromatic rings. The van der Waals surface area contributed by atoms with Crippen molar-refractivity contribution in [2.45, 2.75) is 26.3 Å². The van der Waals surface area contributed by atoms with Gasteiger partial charge in [-0.3, -0.25) is 14.6 Å². The van der Waals surface area contributed by atoms with E-state index >= 15 is 0 Å². The van der Waals surface area contributed by atoms with E-state index in [4.69, 9.17) is 0 Å². The normalized spacial score (nSPS) is 17.3. The van der Waals surface area contributed by atoms with Gasteiger partial charge < -0.3 is 20.9 Å². The lowest BCUT2D eigenvalue weighted by Gasteiger charge is -2.20. The Morgan fingerprint density at radius 2 is 1.88 bits per heavy atom. The fourth-order valence-electron chi connectivity index (χ4n) is 2.88. The molecule has 0 radical (unpaired) electrons. The average molecular weight is 359 g/mol. The molecule has 1 aliphatic heterocycles. The van der Waals surface area contributed by atoms with E-state index in [0.717, 1.165) is 13.0 Å². The number of likely N-dealkylation sites (tertiary alicyclic amines) is 1. The van der Waals surface area contributed by atoms with Gasteiger partial charge >= 0.3 is 0 Å². The molecule has 3 N–H and O–H groups in total. The van der Waals surface area contributed by atoms with Gasteiger partial charge in [0.1, 0.15) is 0 Å². The van der Waals surface area contributed by atoms with E-state index < -0.39 is 0 Å². The van der Waals surface area contributed by atoms with Crippen LogP contribution in [0.3, 0.4) is 0 Å². The SMILES string of the molecule is CN=C(NCCNC(=O)c1ccccc1)NC1CCN(C(=O)C(C)C)C1. The highest BCUT2D eigenvalue weighted by Gasteiger charge is 2.27. The van der Waals surface area contributed by atoms with E-state index in [2.05, 4.69) is 20.9 Å². The van der Waals surface area contributed by atoms with Crippen molar-refractivity contribution in [3.8, 4) is 0 Å². The molecule has 2 amide bonds. The fraction of sp³-hybridized carbons (Fsp3) is 0.526. The number of amides is 2. The van der Waals surface area contributed by atoms with Crippen molar-refractivity contribution in [1.82, 2.24) is 20.9 Å². The summed E-state index contributed by atoms with van der Waals surface area (Å²) in [6.07, 6.45) is 0.907. The van der Waals surface area contributed by atoms with Crippen LogP contribution in [0.4, 0.5) is 0 Å². The maximum atomic E-state index is 12.0. The molecule has 0 aliphatic carbocycles. The Hall–Kier alpha value is -2.57. The van der Waals surface area contributed by atoms with Crippen LogP contribution in [0.25, 0.3) is 0 Å². The van der Waals surface area contributed by atoms with Crippen LogP contribution in [-0.2, 0) is 4.79 Å².